The fourth-order valence-corrected chi connectivity index (χ4v) is 3.27. The Labute approximate surface area is 128 Å². The van der Waals surface area contributed by atoms with Crippen molar-refractivity contribution in [1.29, 1.82) is 0 Å². The van der Waals surface area contributed by atoms with Crippen molar-refractivity contribution >= 4 is 30.7 Å². The standard InChI is InChI=1S/C13H25N3O.2ClH/c1-8(16(2)3)7-15-13(17)11-9-4-5-10(6-9)12(11)14;;/h8-12H,4-7,14H2,1-3H3,(H,15,17);2*1H. The average Bonchev–Trinajstić information content (AvgIpc) is 2.85. The number of nitrogens with zero attached hydrogens (tertiary/aromatic N) is 1. The fourth-order valence-electron chi connectivity index (χ4n) is 3.27. The zero-order chi connectivity index (χ0) is 12.6. The average molecular weight is 312 g/mol. The van der Waals surface area contributed by atoms with Crippen molar-refractivity contribution in [2.45, 2.75) is 38.3 Å². The molecule has 3 N–H and O–H groups in total. The highest BCUT2D eigenvalue weighted by molar-refractivity contribution is 5.85. The lowest BCUT2D eigenvalue weighted by Crippen LogP contribution is -2.47. The molecule has 0 saturated heterocycles. The van der Waals surface area contributed by atoms with Gasteiger partial charge < -0.3 is 16.0 Å². The quantitative estimate of drug-likeness (QED) is 0.822. The molecule has 0 radical (unpaired) electrons. The number of hydrogen-bond donors (Lipinski definition) is 2. The zero-order valence-electron chi connectivity index (χ0n) is 12.0. The molecule has 0 spiro atoms. The predicted molar refractivity (Wildman–Crippen MR) is 83.0 cm³/mol. The Morgan fingerprint density at radius 3 is 2.37 bits per heavy atom. The molecule has 2 saturated carbocycles. The minimum Gasteiger partial charge on any atom is -0.354 e. The highest BCUT2D eigenvalue weighted by Gasteiger charge is 2.48. The van der Waals surface area contributed by atoms with Gasteiger partial charge in [-0.2, -0.15) is 0 Å². The van der Waals surface area contributed by atoms with Crippen LogP contribution in [0.1, 0.15) is 26.2 Å². The fraction of sp³-hybridized carbons (Fsp3) is 0.923. The van der Waals surface area contributed by atoms with E-state index in [1.54, 1.807) is 0 Å². The first kappa shape index (κ1) is 19.0. The van der Waals surface area contributed by atoms with Gasteiger partial charge >= 0.3 is 0 Å². The van der Waals surface area contributed by atoms with Crippen LogP contribution in [0.3, 0.4) is 0 Å². The van der Waals surface area contributed by atoms with E-state index in [9.17, 15) is 4.79 Å². The summed E-state index contributed by atoms with van der Waals surface area (Å²) < 4.78 is 0. The molecule has 0 aromatic carbocycles. The zero-order valence-corrected chi connectivity index (χ0v) is 13.6. The minimum absolute atomic E-state index is 0. The maximum atomic E-state index is 12.2. The Hall–Kier alpha value is -0.0300. The van der Waals surface area contributed by atoms with Crippen molar-refractivity contribution in [3.63, 3.8) is 0 Å². The Morgan fingerprint density at radius 1 is 1.32 bits per heavy atom. The number of rotatable bonds is 4. The van der Waals surface area contributed by atoms with E-state index in [2.05, 4.69) is 17.1 Å². The number of fused-ring (bicyclic) bond motifs is 2. The van der Waals surface area contributed by atoms with Crippen LogP contribution in [0, 0.1) is 17.8 Å². The van der Waals surface area contributed by atoms with Gasteiger partial charge in [-0.15, -0.1) is 24.8 Å². The molecule has 5 unspecified atom stereocenters. The highest BCUT2D eigenvalue weighted by atomic mass is 35.5. The van der Waals surface area contributed by atoms with Crippen molar-refractivity contribution in [3.05, 3.63) is 0 Å². The van der Waals surface area contributed by atoms with Crippen molar-refractivity contribution in [2.24, 2.45) is 23.5 Å². The van der Waals surface area contributed by atoms with Crippen molar-refractivity contribution in [3.8, 4) is 0 Å². The largest absolute Gasteiger partial charge is 0.354 e. The molecule has 0 aromatic rings. The van der Waals surface area contributed by atoms with E-state index in [4.69, 9.17) is 5.73 Å². The van der Waals surface area contributed by atoms with Crippen LogP contribution in [0.4, 0.5) is 0 Å². The number of nitrogens with one attached hydrogen (secondary N) is 1. The molecule has 6 heteroatoms. The second-order valence-corrected chi connectivity index (χ2v) is 5.99. The molecule has 2 fully saturated rings. The van der Waals surface area contributed by atoms with Gasteiger partial charge in [0.15, 0.2) is 0 Å². The third kappa shape index (κ3) is 3.97. The van der Waals surface area contributed by atoms with E-state index >= 15 is 0 Å². The van der Waals surface area contributed by atoms with Gasteiger partial charge in [-0.05, 0) is 52.1 Å². The Morgan fingerprint density at radius 2 is 1.89 bits per heavy atom. The summed E-state index contributed by atoms with van der Waals surface area (Å²) >= 11 is 0. The SMILES string of the molecule is CC(CNC(=O)C1C2CCC(C2)C1N)N(C)C.Cl.Cl. The number of likely N-dealkylation sites (N-methyl/N-ethyl adjacent to an activating group) is 1. The highest BCUT2D eigenvalue weighted by Crippen LogP contribution is 2.47. The summed E-state index contributed by atoms with van der Waals surface area (Å²) in [5.41, 5.74) is 6.16. The van der Waals surface area contributed by atoms with Gasteiger partial charge in [0.1, 0.15) is 0 Å². The van der Waals surface area contributed by atoms with Crippen LogP contribution in [0.5, 0.6) is 0 Å². The molecule has 2 bridgehead atoms. The first-order chi connectivity index (χ1) is 8.00. The molecule has 2 aliphatic carbocycles. The molecule has 4 nitrogen and oxygen atoms in total. The summed E-state index contributed by atoms with van der Waals surface area (Å²) in [7, 11) is 4.06. The van der Waals surface area contributed by atoms with Crippen LogP contribution in [0.25, 0.3) is 0 Å². The van der Waals surface area contributed by atoms with Crippen LogP contribution in [0.2, 0.25) is 0 Å². The normalized spacial score (nSPS) is 33.5. The molecule has 0 heterocycles. The van der Waals surface area contributed by atoms with E-state index in [0.717, 1.165) is 0 Å². The predicted octanol–water partition coefficient (Wildman–Crippen LogP) is 1.27. The Kier molecular flexibility index (Phi) is 7.66. The van der Waals surface area contributed by atoms with Crippen molar-refractivity contribution in [2.75, 3.05) is 20.6 Å². The summed E-state index contributed by atoms with van der Waals surface area (Å²) in [4.78, 5) is 14.3. The van der Waals surface area contributed by atoms with Crippen LogP contribution >= 0.6 is 24.8 Å². The number of hydrogen-bond acceptors (Lipinski definition) is 3. The Bertz CT molecular complexity index is 300. The van der Waals surface area contributed by atoms with Crippen LogP contribution in [0.15, 0.2) is 0 Å². The first-order valence-electron chi connectivity index (χ1n) is 6.70. The van der Waals surface area contributed by atoms with Gasteiger partial charge in [-0.25, -0.2) is 0 Å². The van der Waals surface area contributed by atoms with Gasteiger partial charge in [-0.1, -0.05) is 0 Å². The summed E-state index contributed by atoms with van der Waals surface area (Å²) in [6.45, 7) is 2.83. The van der Waals surface area contributed by atoms with E-state index in [0.29, 0.717) is 24.4 Å². The molecule has 19 heavy (non-hydrogen) atoms. The smallest absolute Gasteiger partial charge is 0.225 e. The van der Waals surface area contributed by atoms with Crippen molar-refractivity contribution < 1.29 is 4.79 Å². The lowest BCUT2D eigenvalue weighted by atomic mass is 9.84. The number of carbonyl (C=O) groups excluding carboxylic acids is 1. The monoisotopic (exact) mass is 311 g/mol. The first-order valence-corrected chi connectivity index (χ1v) is 6.70. The molecule has 2 rings (SSSR count). The van der Waals surface area contributed by atoms with E-state index < -0.39 is 0 Å². The molecule has 114 valence electrons. The maximum absolute atomic E-state index is 12.2. The summed E-state index contributed by atoms with van der Waals surface area (Å²) in [6.07, 6.45) is 3.59. The minimum atomic E-state index is 0. The number of carbonyl (C=O) groups is 1. The third-order valence-corrected chi connectivity index (χ3v) is 4.74. The van der Waals surface area contributed by atoms with E-state index in [-0.39, 0.29) is 42.7 Å². The van der Waals surface area contributed by atoms with Gasteiger partial charge in [0.25, 0.3) is 0 Å². The molecule has 0 aliphatic heterocycles. The Balaban J connectivity index is 0.00000162. The maximum Gasteiger partial charge on any atom is 0.225 e. The van der Waals surface area contributed by atoms with Crippen molar-refractivity contribution in [1.82, 2.24) is 10.2 Å². The second-order valence-electron chi connectivity index (χ2n) is 5.99. The van der Waals surface area contributed by atoms with Gasteiger partial charge in [-0.3, -0.25) is 4.79 Å². The molecule has 2 aliphatic rings. The number of halogens is 2. The number of amides is 1. The molecule has 5 atom stereocenters. The van der Waals surface area contributed by atoms with E-state index in [1.165, 1.54) is 19.3 Å². The topological polar surface area (TPSA) is 58.4 Å². The molecule has 0 aromatic heterocycles. The molecule has 1 amide bonds. The molecular weight excluding hydrogens is 285 g/mol. The molecular formula is C13H27Cl2N3O. The third-order valence-electron chi connectivity index (χ3n) is 4.74. The summed E-state index contributed by atoms with van der Waals surface area (Å²) in [5, 5.41) is 3.06. The van der Waals surface area contributed by atoms with Crippen LogP contribution in [-0.2, 0) is 4.79 Å². The van der Waals surface area contributed by atoms with Crippen LogP contribution < -0.4 is 11.1 Å². The summed E-state index contributed by atoms with van der Waals surface area (Å²) in [5.74, 6) is 1.40. The second kappa shape index (κ2) is 7.67. The van der Waals surface area contributed by atoms with Crippen LogP contribution in [-0.4, -0.2) is 43.5 Å². The lowest BCUT2D eigenvalue weighted by molar-refractivity contribution is -0.127. The lowest BCUT2D eigenvalue weighted by Gasteiger charge is -2.28. The van der Waals surface area contributed by atoms with Gasteiger partial charge in [0.2, 0.25) is 5.91 Å². The number of nitrogens with two attached hydrogens (primary N) is 1. The van der Waals surface area contributed by atoms with E-state index in [1.807, 2.05) is 14.1 Å². The summed E-state index contributed by atoms with van der Waals surface area (Å²) in [6, 6.07) is 0.470. The van der Waals surface area contributed by atoms with Gasteiger partial charge in [0, 0.05) is 18.6 Å². The van der Waals surface area contributed by atoms with Gasteiger partial charge in [0.05, 0.1) is 5.92 Å².